The van der Waals surface area contributed by atoms with Gasteiger partial charge < -0.3 is 14.8 Å². The van der Waals surface area contributed by atoms with Crippen LogP contribution in [0.4, 0.5) is 0 Å². The van der Waals surface area contributed by atoms with Crippen LogP contribution in [-0.2, 0) is 6.54 Å². The lowest BCUT2D eigenvalue weighted by atomic mass is 10.1. The van der Waals surface area contributed by atoms with E-state index in [1.807, 2.05) is 6.07 Å². The minimum atomic E-state index is 0.780. The standard InChI is InChI=1S/C20H33NO2/c1-3-4-5-6-7-8-13-23-19-12-11-18(14-20(19)22-2)16-21-15-17-9-10-17/h11-12,14,17,21H,3-10,13,15-16H2,1-2H3. The number of hydrogen-bond donors (Lipinski definition) is 1. The number of nitrogens with one attached hydrogen (secondary N) is 1. The van der Waals surface area contributed by atoms with Crippen molar-refractivity contribution in [3.8, 4) is 11.5 Å². The van der Waals surface area contributed by atoms with Gasteiger partial charge in [0, 0.05) is 6.54 Å². The van der Waals surface area contributed by atoms with Gasteiger partial charge in [-0.15, -0.1) is 0 Å². The third-order valence-electron chi connectivity index (χ3n) is 4.44. The summed E-state index contributed by atoms with van der Waals surface area (Å²) in [5, 5.41) is 3.51. The molecular weight excluding hydrogens is 286 g/mol. The zero-order valence-corrected chi connectivity index (χ0v) is 14.9. The third-order valence-corrected chi connectivity index (χ3v) is 4.44. The van der Waals surface area contributed by atoms with Crippen LogP contribution in [0.2, 0.25) is 0 Å². The van der Waals surface area contributed by atoms with Gasteiger partial charge in [0.15, 0.2) is 11.5 Å². The summed E-state index contributed by atoms with van der Waals surface area (Å²) in [5.41, 5.74) is 1.26. The number of hydrogen-bond acceptors (Lipinski definition) is 3. The summed E-state index contributed by atoms with van der Waals surface area (Å²) in [4.78, 5) is 0. The predicted molar refractivity (Wildman–Crippen MR) is 96.3 cm³/mol. The number of benzene rings is 1. The van der Waals surface area contributed by atoms with Crippen molar-refractivity contribution in [2.24, 2.45) is 5.92 Å². The Morgan fingerprint density at radius 2 is 1.83 bits per heavy atom. The predicted octanol–water partition coefficient (Wildman–Crippen LogP) is 4.93. The third kappa shape index (κ3) is 7.26. The Labute approximate surface area is 141 Å². The van der Waals surface area contributed by atoms with Gasteiger partial charge in [0.2, 0.25) is 0 Å². The van der Waals surface area contributed by atoms with Gasteiger partial charge in [-0.3, -0.25) is 0 Å². The Morgan fingerprint density at radius 3 is 2.57 bits per heavy atom. The van der Waals surface area contributed by atoms with Crippen molar-refractivity contribution >= 4 is 0 Å². The lowest BCUT2D eigenvalue weighted by molar-refractivity contribution is 0.284. The molecule has 0 atom stereocenters. The van der Waals surface area contributed by atoms with Crippen LogP contribution in [0, 0.1) is 5.92 Å². The molecule has 2 rings (SSSR count). The highest BCUT2D eigenvalue weighted by Gasteiger charge is 2.20. The first-order valence-electron chi connectivity index (χ1n) is 9.34. The summed E-state index contributed by atoms with van der Waals surface area (Å²) in [6, 6.07) is 6.28. The molecule has 1 aromatic rings. The molecule has 1 fully saturated rings. The van der Waals surface area contributed by atoms with E-state index >= 15 is 0 Å². The second-order valence-corrected chi connectivity index (χ2v) is 6.68. The van der Waals surface area contributed by atoms with Gasteiger partial charge in [0.1, 0.15) is 0 Å². The van der Waals surface area contributed by atoms with Crippen molar-refractivity contribution in [3.63, 3.8) is 0 Å². The summed E-state index contributed by atoms with van der Waals surface area (Å²) in [5.74, 6) is 2.63. The van der Waals surface area contributed by atoms with Gasteiger partial charge >= 0.3 is 0 Å². The van der Waals surface area contributed by atoms with Gasteiger partial charge in [-0.1, -0.05) is 45.1 Å². The Morgan fingerprint density at radius 1 is 1.04 bits per heavy atom. The second-order valence-electron chi connectivity index (χ2n) is 6.68. The molecule has 130 valence electrons. The minimum Gasteiger partial charge on any atom is -0.493 e. The van der Waals surface area contributed by atoms with Gasteiger partial charge in [0.05, 0.1) is 13.7 Å². The Balaban J connectivity index is 1.68. The van der Waals surface area contributed by atoms with Crippen LogP contribution in [-0.4, -0.2) is 20.3 Å². The van der Waals surface area contributed by atoms with Crippen LogP contribution in [0.25, 0.3) is 0 Å². The first-order chi connectivity index (χ1) is 11.3. The average molecular weight is 319 g/mol. The van der Waals surface area contributed by atoms with Crippen molar-refractivity contribution in [2.75, 3.05) is 20.3 Å². The first-order valence-corrected chi connectivity index (χ1v) is 9.34. The van der Waals surface area contributed by atoms with Gasteiger partial charge in [0.25, 0.3) is 0 Å². The van der Waals surface area contributed by atoms with Gasteiger partial charge in [-0.2, -0.15) is 0 Å². The van der Waals surface area contributed by atoms with Crippen LogP contribution in [0.15, 0.2) is 18.2 Å². The maximum Gasteiger partial charge on any atom is 0.161 e. The molecule has 0 unspecified atom stereocenters. The van der Waals surface area contributed by atoms with Crippen molar-refractivity contribution in [1.29, 1.82) is 0 Å². The zero-order chi connectivity index (χ0) is 16.3. The maximum atomic E-state index is 5.90. The molecule has 0 saturated heterocycles. The molecule has 1 N–H and O–H groups in total. The second kappa shape index (κ2) is 10.5. The molecule has 0 amide bonds. The summed E-state index contributed by atoms with van der Waals surface area (Å²) < 4.78 is 11.4. The van der Waals surface area contributed by atoms with Crippen molar-refractivity contribution < 1.29 is 9.47 Å². The molecule has 3 nitrogen and oxygen atoms in total. The highest BCUT2D eigenvalue weighted by Crippen LogP contribution is 2.29. The molecule has 0 bridgehead atoms. The molecule has 0 aliphatic heterocycles. The maximum absolute atomic E-state index is 5.90. The fraction of sp³-hybridized carbons (Fsp3) is 0.700. The topological polar surface area (TPSA) is 30.5 Å². The highest BCUT2D eigenvalue weighted by atomic mass is 16.5. The van der Waals surface area contributed by atoms with Crippen molar-refractivity contribution in [3.05, 3.63) is 23.8 Å². The Hall–Kier alpha value is -1.22. The van der Waals surface area contributed by atoms with Crippen LogP contribution in [0.3, 0.4) is 0 Å². The van der Waals surface area contributed by atoms with E-state index in [0.717, 1.165) is 43.5 Å². The van der Waals surface area contributed by atoms with Gasteiger partial charge in [-0.25, -0.2) is 0 Å². The summed E-state index contributed by atoms with van der Waals surface area (Å²) >= 11 is 0. The van der Waals surface area contributed by atoms with Crippen molar-refractivity contribution in [2.45, 2.75) is 64.8 Å². The smallest absolute Gasteiger partial charge is 0.161 e. The SMILES string of the molecule is CCCCCCCCOc1ccc(CNCC2CC2)cc1OC. The van der Waals surface area contributed by atoms with E-state index in [4.69, 9.17) is 9.47 Å². The molecule has 0 aromatic heterocycles. The molecule has 0 heterocycles. The van der Waals surface area contributed by atoms with Crippen LogP contribution in [0.5, 0.6) is 11.5 Å². The molecule has 1 aromatic carbocycles. The van der Waals surface area contributed by atoms with E-state index < -0.39 is 0 Å². The van der Waals surface area contributed by atoms with E-state index in [1.165, 1.54) is 50.5 Å². The lowest BCUT2D eigenvalue weighted by Crippen LogP contribution is -2.16. The Bertz CT molecular complexity index is 443. The highest BCUT2D eigenvalue weighted by molar-refractivity contribution is 5.42. The molecule has 1 saturated carbocycles. The normalized spacial score (nSPS) is 14.0. The fourth-order valence-corrected chi connectivity index (χ4v) is 2.75. The van der Waals surface area contributed by atoms with Crippen LogP contribution < -0.4 is 14.8 Å². The molecule has 3 heteroatoms. The monoisotopic (exact) mass is 319 g/mol. The minimum absolute atomic E-state index is 0.780. The fourth-order valence-electron chi connectivity index (χ4n) is 2.75. The summed E-state index contributed by atoms with van der Waals surface area (Å²) in [6.45, 7) is 5.07. The zero-order valence-electron chi connectivity index (χ0n) is 14.9. The van der Waals surface area contributed by atoms with E-state index in [-0.39, 0.29) is 0 Å². The Kier molecular flexibility index (Phi) is 8.30. The van der Waals surface area contributed by atoms with Gasteiger partial charge in [-0.05, 0) is 49.4 Å². The molecule has 1 aliphatic rings. The first kappa shape index (κ1) is 18.1. The average Bonchev–Trinajstić information content (AvgIpc) is 3.39. The van der Waals surface area contributed by atoms with E-state index in [1.54, 1.807) is 7.11 Å². The van der Waals surface area contributed by atoms with Crippen LogP contribution in [0.1, 0.15) is 63.9 Å². The summed E-state index contributed by atoms with van der Waals surface area (Å²) in [7, 11) is 1.72. The molecule has 0 spiro atoms. The largest absolute Gasteiger partial charge is 0.493 e. The number of methoxy groups -OCH3 is 1. The number of unbranched alkanes of at least 4 members (excludes halogenated alkanes) is 5. The van der Waals surface area contributed by atoms with E-state index in [0.29, 0.717) is 0 Å². The van der Waals surface area contributed by atoms with E-state index in [9.17, 15) is 0 Å². The quantitative estimate of drug-likeness (QED) is 0.523. The summed E-state index contributed by atoms with van der Waals surface area (Å²) in [6.07, 6.45) is 10.5. The molecule has 1 aliphatic carbocycles. The number of rotatable bonds is 13. The molecule has 23 heavy (non-hydrogen) atoms. The number of ether oxygens (including phenoxy) is 2. The molecule has 0 radical (unpaired) electrons. The lowest BCUT2D eigenvalue weighted by Gasteiger charge is -2.12. The van der Waals surface area contributed by atoms with Crippen molar-refractivity contribution in [1.82, 2.24) is 5.32 Å². The van der Waals surface area contributed by atoms with Crippen LogP contribution >= 0.6 is 0 Å². The van der Waals surface area contributed by atoms with E-state index in [2.05, 4.69) is 24.4 Å². The molecular formula is C20H33NO2.